The van der Waals surface area contributed by atoms with Crippen molar-refractivity contribution in [1.82, 2.24) is 5.32 Å². The van der Waals surface area contributed by atoms with Crippen LogP contribution in [0.5, 0.6) is 0 Å². The molecule has 0 heterocycles. The molecule has 0 aliphatic carbocycles. The van der Waals surface area contributed by atoms with Crippen molar-refractivity contribution in [2.24, 2.45) is 0 Å². The second-order valence-electron chi connectivity index (χ2n) is 7.09. The van der Waals surface area contributed by atoms with Crippen LogP contribution in [0.15, 0.2) is 85.1 Å². The van der Waals surface area contributed by atoms with Crippen molar-refractivity contribution in [1.29, 1.82) is 0 Å². The molecule has 1 amide bonds. The Balaban J connectivity index is 3.55. The van der Waals surface area contributed by atoms with Crippen molar-refractivity contribution in [3.05, 3.63) is 85.1 Å². The van der Waals surface area contributed by atoms with Gasteiger partial charge in [-0.25, -0.2) is 0 Å². The maximum absolute atomic E-state index is 11.3. The van der Waals surface area contributed by atoms with Crippen molar-refractivity contribution < 1.29 is 9.90 Å². The largest absolute Gasteiger partial charge is 0.395 e. The second-order valence-corrected chi connectivity index (χ2v) is 7.09. The summed E-state index contributed by atoms with van der Waals surface area (Å²) in [5.74, 6) is 0.0133. The average Bonchev–Trinajstić information content (AvgIpc) is 2.78. The van der Waals surface area contributed by atoms with Crippen LogP contribution in [0.25, 0.3) is 0 Å². The first kappa shape index (κ1) is 28.6. The molecule has 0 aromatic rings. The summed E-state index contributed by atoms with van der Waals surface area (Å²) in [6.45, 7) is 2.50. The van der Waals surface area contributed by atoms with Crippen LogP contribution in [0.1, 0.15) is 71.1 Å². The highest BCUT2D eigenvalue weighted by Gasteiger charge is 1.97. The fraction of sp³-hybridized carbons (Fsp3) is 0.464. The summed E-state index contributed by atoms with van der Waals surface area (Å²) in [5, 5.41) is 11.3. The number of unbranched alkanes of at least 4 members (excludes halogenated alkanes) is 1. The molecule has 3 nitrogen and oxygen atoms in total. The standard InChI is InChI=1S/C28H43NO2/c1-2-3-4-5-6-7-8-9-10-11-12-13-14-15-16-17-18-19-20-21-22-23-24-25-28(31)29-26-27-30/h3-4,6-7,9-10,12-13,15-16,18-19,21-22,30H,2,5,8,11,14,17,20,23-27H2,1H3,(H,29,31)/b4-3-,7-6-,10-9-,13-12-,16-15-,19-18-,22-21-. The summed E-state index contributed by atoms with van der Waals surface area (Å²) in [6, 6.07) is 0. The number of aliphatic hydroxyl groups is 1. The minimum atomic E-state index is -0.00238. The lowest BCUT2D eigenvalue weighted by Crippen LogP contribution is -2.25. The van der Waals surface area contributed by atoms with Gasteiger partial charge in [0.1, 0.15) is 0 Å². The molecular weight excluding hydrogens is 382 g/mol. The summed E-state index contributed by atoms with van der Waals surface area (Å²) >= 11 is 0. The van der Waals surface area contributed by atoms with Crippen LogP contribution >= 0.6 is 0 Å². The van der Waals surface area contributed by atoms with Crippen molar-refractivity contribution in [3.8, 4) is 0 Å². The number of nitrogens with one attached hydrogen (secondary N) is 1. The van der Waals surface area contributed by atoms with E-state index in [-0.39, 0.29) is 12.5 Å². The monoisotopic (exact) mass is 425 g/mol. The number of rotatable bonds is 19. The number of carbonyl (C=O) groups is 1. The summed E-state index contributed by atoms with van der Waals surface area (Å²) < 4.78 is 0. The van der Waals surface area contributed by atoms with Crippen LogP contribution in [0.4, 0.5) is 0 Å². The predicted molar refractivity (Wildman–Crippen MR) is 136 cm³/mol. The van der Waals surface area contributed by atoms with E-state index < -0.39 is 0 Å². The van der Waals surface area contributed by atoms with Crippen molar-refractivity contribution in [2.75, 3.05) is 13.2 Å². The fourth-order valence-electron chi connectivity index (χ4n) is 2.57. The zero-order chi connectivity index (χ0) is 22.7. The molecule has 172 valence electrons. The van der Waals surface area contributed by atoms with Gasteiger partial charge in [0.15, 0.2) is 0 Å². The fourth-order valence-corrected chi connectivity index (χ4v) is 2.57. The third kappa shape index (κ3) is 25.6. The number of amides is 1. The van der Waals surface area contributed by atoms with Gasteiger partial charge in [-0.15, -0.1) is 0 Å². The lowest BCUT2D eigenvalue weighted by molar-refractivity contribution is -0.121. The maximum atomic E-state index is 11.3. The first-order valence-corrected chi connectivity index (χ1v) is 11.7. The topological polar surface area (TPSA) is 49.3 Å². The molecule has 0 aliphatic rings. The van der Waals surface area contributed by atoms with Gasteiger partial charge in [0.25, 0.3) is 0 Å². The van der Waals surface area contributed by atoms with E-state index in [0.717, 1.165) is 57.8 Å². The van der Waals surface area contributed by atoms with Crippen LogP contribution in [-0.4, -0.2) is 24.2 Å². The van der Waals surface area contributed by atoms with Crippen LogP contribution in [-0.2, 0) is 4.79 Å². The third-order valence-corrected chi connectivity index (χ3v) is 4.24. The third-order valence-electron chi connectivity index (χ3n) is 4.24. The first-order valence-electron chi connectivity index (χ1n) is 11.7. The Morgan fingerprint density at radius 2 is 1.03 bits per heavy atom. The van der Waals surface area contributed by atoms with Gasteiger partial charge in [-0.05, 0) is 57.8 Å². The van der Waals surface area contributed by atoms with E-state index in [1.165, 1.54) is 0 Å². The van der Waals surface area contributed by atoms with Gasteiger partial charge in [-0.3, -0.25) is 4.79 Å². The quantitative estimate of drug-likeness (QED) is 0.174. The van der Waals surface area contributed by atoms with Crippen molar-refractivity contribution >= 4 is 5.91 Å². The maximum Gasteiger partial charge on any atom is 0.220 e. The van der Waals surface area contributed by atoms with Crippen molar-refractivity contribution in [2.45, 2.75) is 71.1 Å². The Morgan fingerprint density at radius 1 is 0.645 bits per heavy atom. The van der Waals surface area contributed by atoms with Gasteiger partial charge in [-0.2, -0.15) is 0 Å². The molecule has 0 rings (SSSR count). The zero-order valence-corrected chi connectivity index (χ0v) is 19.4. The second kappa shape index (κ2) is 25.6. The molecule has 0 radical (unpaired) electrons. The average molecular weight is 426 g/mol. The van der Waals surface area contributed by atoms with E-state index >= 15 is 0 Å². The molecule has 0 aliphatic heterocycles. The molecule has 0 atom stereocenters. The Morgan fingerprint density at radius 3 is 1.42 bits per heavy atom. The summed E-state index contributed by atoms with van der Waals surface area (Å²) in [4.78, 5) is 11.3. The Bertz CT molecular complexity index is 607. The Kier molecular flexibility index (Phi) is 23.7. The highest BCUT2D eigenvalue weighted by Crippen LogP contribution is 1.99. The van der Waals surface area contributed by atoms with E-state index in [1.54, 1.807) is 0 Å². The number of aliphatic hydroxyl groups excluding tert-OH is 1. The normalized spacial score (nSPS) is 13.0. The molecule has 3 heteroatoms. The highest BCUT2D eigenvalue weighted by molar-refractivity contribution is 5.75. The van der Waals surface area contributed by atoms with E-state index in [4.69, 9.17) is 5.11 Å². The highest BCUT2D eigenvalue weighted by atomic mass is 16.3. The zero-order valence-electron chi connectivity index (χ0n) is 19.4. The van der Waals surface area contributed by atoms with Crippen molar-refractivity contribution in [3.63, 3.8) is 0 Å². The van der Waals surface area contributed by atoms with Gasteiger partial charge < -0.3 is 10.4 Å². The molecule has 0 fully saturated rings. The number of carbonyl (C=O) groups excluding carboxylic acids is 1. The predicted octanol–water partition coefficient (Wildman–Crippen LogP) is 6.91. The SMILES string of the molecule is CC/C=C\C/C=C\C/C=C\C/C=C\C/C=C\C/C=C\C/C=C\CCCC(=O)NCCO. The Labute approximate surface area is 190 Å². The summed E-state index contributed by atoms with van der Waals surface area (Å²) in [5.41, 5.74) is 0. The smallest absolute Gasteiger partial charge is 0.220 e. The molecule has 2 N–H and O–H groups in total. The van der Waals surface area contributed by atoms with Crippen LogP contribution < -0.4 is 5.32 Å². The first-order chi connectivity index (χ1) is 15.3. The van der Waals surface area contributed by atoms with Gasteiger partial charge in [0.05, 0.1) is 6.61 Å². The number of hydrogen-bond acceptors (Lipinski definition) is 2. The molecule has 0 saturated carbocycles. The van der Waals surface area contributed by atoms with E-state index in [0.29, 0.717) is 13.0 Å². The lowest BCUT2D eigenvalue weighted by Gasteiger charge is -2.00. The lowest BCUT2D eigenvalue weighted by atomic mass is 10.2. The van der Waals surface area contributed by atoms with E-state index in [9.17, 15) is 4.79 Å². The summed E-state index contributed by atoms with van der Waals surface area (Å²) in [7, 11) is 0. The molecule has 0 bridgehead atoms. The van der Waals surface area contributed by atoms with Gasteiger partial charge in [0.2, 0.25) is 5.91 Å². The van der Waals surface area contributed by atoms with E-state index in [1.807, 2.05) is 0 Å². The van der Waals surface area contributed by atoms with Crippen LogP contribution in [0, 0.1) is 0 Å². The molecule has 0 unspecified atom stereocenters. The molecule has 0 aromatic carbocycles. The molecule has 0 aromatic heterocycles. The molecule has 31 heavy (non-hydrogen) atoms. The molecule has 0 spiro atoms. The van der Waals surface area contributed by atoms with Crippen LogP contribution in [0.3, 0.4) is 0 Å². The molecular formula is C28H43NO2. The van der Waals surface area contributed by atoms with E-state index in [2.05, 4.69) is 97.3 Å². The van der Waals surface area contributed by atoms with Crippen LogP contribution in [0.2, 0.25) is 0 Å². The number of allylic oxidation sites excluding steroid dienone is 14. The molecule has 0 saturated heterocycles. The minimum Gasteiger partial charge on any atom is -0.395 e. The Hall–Kier alpha value is -2.39. The van der Waals surface area contributed by atoms with Gasteiger partial charge in [-0.1, -0.05) is 92.0 Å². The summed E-state index contributed by atoms with van der Waals surface area (Å²) in [6.07, 6.45) is 40.0. The minimum absolute atomic E-state index is 0.00238. The van der Waals surface area contributed by atoms with Gasteiger partial charge >= 0.3 is 0 Å². The number of hydrogen-bond donors (Lipinski definition) is 2. The van der Waals surface area contributed by atoms with Gasteiger partial charge in [0, 0.05) is 13.0 Å².